The van der Waals surface area contributed by atoms with Crippen molar-refractivity contribution in [2.75, 3.05) is 19.3 Å². The van der Waals surface area contributed by atoms with Gasteiger partial charge in [-0.1, -0.05) is 5.16 Å². The Hall–Kier alpha value is -2.63. The van der Waals surface area contributed by atoms with Gasteiger partial charge in [-0.25, -0.2) is 8.42 Å². The number of hydrogen-bond acceptors (Lipinski definition) is 7. The monoisotopic (exact) mass is 447 g/mol. The van der Waals surface area contributed by atoms with Crippen LogP contribution in [0.15, 0.2) is 27.6 Å². The molecule has 1 saturated heterocycles. The molecule has 1 aromatic heterocycles. The highest BCUT2D eigenvalue weighted by Crippen LogP contribution is 2.32. The topological polar surface area (TPSA) is 103 Å². The highest BCUT2D eigenvalue weighted by Gasteiger charge is 2.39. The van der Waals surface area contributed by atoms with Crippen LogP contribution in [0.25, 0.3) is 0 Å². The molecule has 2 heterocycles. The van der Waals surface area contributed by atoms with Gasteiger partial charge in [0.15, 0.2) is 21.8 Å². The second-order valence-corrected chi connectivity index (χ2v) is 9.16. The molecule has 164 valence electrons. The SMILES string of the molecule is Cc1noc(C2CCN(C(=O)c3cc(S(C)(=O)=O)ccc3O[C@@H](C)C(F)(F)F)C2)n1. The van der Waals surface area contributed by atoms with Crippen LogP contribution in [0.5, 0.6) is 5.75 Å². The maximum atomic E-state index is 13.1. The van der Waals surface area contributed by atoms with Crippen molar-refractivity contribution in [2.24, 2.45) is 0 Å². The van der Waals surface area contributed by atoms with E-state index in [1.807, 2.05) is 0 Å². The predicted molar refractivity (Wildman–Crippen MR) is 98.0 cm³/mol. The summed E-state index contributed by atoms with van der Waals surface area (Å²) >= 11 is 0. The number of likely N-dealkylation sites (tertiary alicyclic amines) is 1. The summed E-state index contributed by atoms with van der Waals surface area (Å²) < 4.78 is 72.7. The molecule has 0 N–H and O–H groups in total. The fourth-order valence-corrected chi connectivity index (χ4v) is 3.71. The van der Waals surface area contributed by atoms with E-state index in [0.717, 1.165) is 31.4 Å². The number of amides is 1. The minimum atomic E-state index is -4.65. The summed E-state index contributed by atoms with van der Waals surface area (Å²) in [4.78, 5) is 18.4. The van der Waals surface area contributed by atoms with E-state index in [2.05, 4.69) is 10.1 Å². The van der Waals surface area contributed by atoms with Gasteiger partial charge < -0.3 is 14.2 Å². The van der Waals surface area contributed by atoms with E-state index in [1.54, 1.807) is 6.92 Å². The van der Waals surface area contributed by atoms with Crippen molar-refractivity contribution < 1.29 is 35.6 Å². The van der Waals surface area contributed by atoms with Gasteiger partial charge in [0.2, 0.25) is 5.89 Å². The van der Waals surface area contributed by atoms with Crippen LogP contribution < -0.4 is 4.74 Å². The van der Waals surface area contributed by atoms with E-state index in [1.165, 1.54) is 4.90 Å². The van der Waals surface area contributed by atoms with Gasteiger partial charge in [-0.3, -0.25) is 4.79 Å². The van der Waals surface area contributed by atoms with E-state index in [4.69, 9.17) is 9.26 Å². The van der Waals surface area contributed by atoms with Crippen molar-refractivity contribution >= 4 is 15.7 Å². The van der Waals surface area contributed by atoms with Crippen molar-refractivity contribution in [3.05, 3.63) is 35.5 Å². The highest BCUT2D eigenvalue weighted by atomic mass is 32.2. The van der Waals surface area contributed by atoms with Gasteiger partial charge >= 0.3 is 6.18 Å². The van der Waals surface area contributed by atoms with E-state index in [9.17, 15) is 26.4 Å². The average molecular weight is 447 g/mol. The first-order valence-corrected chi connectivity index (χ1v) is 10.9. The molecule has 1 aromatic carbocycles. The number of benzene rings is 1. The zero-order chi connectivity index (χ0) is 22.3. The van der Waals surface area contributed by atoms with E-state index >= 15 is 0 Å². The van der Waals surface area contributed by atoms with Crippen LogP contribution in [0, 0.1) is 6.92 Å². The summed E-state index contributed by atoms with van der Waals surface area (Å²) in [6.45, 7) is 2.97. The number of aryl methyl sites for hydroxylation is 1. The molecule has 2 aromatic rings. The molecule has 8 nitrogen and oxygen atoms in total. The van der Waals surface area contributed by atoms with Crippen molar-refractivity contribution in [2.45, 2.75) is 43.4 Å². The van der Waals surface area contributed by atoms with E-state index < -0.39 is 28.0 Å². The van der Waals surface area contributed by atoms with Crippen LogP contribution in [0.2, 0.25) is 0 Å². The van der Waals surface area contributed by atoms with Crippen LogP contribution in [-0.2, 0) is 9.84 Å². The Labute approximate surface area is 170 Å². The van der Waals surface area contributed by atoms with Gasteiger partial charge in [-0.2, -0.15) is 18.2 Å². The standard InChI is InChI=1S/C18H20F3N3O5S/c1-10(18(19,20)21)28-15-5-4-13(30(3,26)27)8-14(15)17(25)24-7-6-12(9-24)16-22-11(2)23-29-16/h4-5,8,10,12H,6-7,9H2,1-3H3/t10-,12?/m0/s1. The molecule has 0 saturated carbocycles. The quantitative estimate of drug-likeness (QED) is 0.694. The molecule has 1 amide bonds. The number of alkyl halides is 3. The lowest BCUT2D eigenvalue weighted by atomic mass is 10.1. The Balaban J connectivity index is 1.90. The Morgan fingerprint density at radius 1 is 1.37 bits per heavy atom. The van der Waals surface area contributed by atoms with E-state index in [-0.39, 0.29) is 28.7 Å². The molecule has 12 heteroatoms. The lowest BCUT2D eigenvalue weighted by molar-refractivity contribution is -0.189. The van der Waals surface area contributed by atoms with Gasteiger partial charge in [-0.15, -0.1) is 0 Å². The largest absolute Gasteiger partial charge is 0.480 e. The maximum absolute atomic E-state index is 13.1. The first-order chi connectivity index (χ1) is 13.9. The molecule has 1 unspecified atom stereocenters. The van der Waals surface area contributed by atoms with Gasteiger partial charge in [0.25, 0.3) is 5.91 Å². The Morgan fingerprint density at radius 2 is 2.07 bits per heavy atom. The summed E-state index contributed by atoms with van der Waals surface area (Å²) in [5.41, 5.74) is -0.253. The summed E-state index contributed by atoms with van der Waals surface area (Å²) in [6, 6.07) is 3.22. The molecular weight excluding hydrogens is 427 g/mol. The molecule has 30 heavy (non-hydrogen) atoms. The van der Waals surface area contributed by atoms with Crippen molar-refractivity contribution in [1.82, 2.24) is 15.0 Å². The average Bonchev–Trinajstić information content (AvgIpc) is 3.28. The number of nitrogens with zero attached hydrogens (tertiary/aromatic N) is 3. The molecule has 1 aliphatic rings. The summed E-state index contributed by atoms with van der Waals surface area (Å²) in [5.74, 6) is -0.369. The first-order valence-electron chi connectivity index (χ1n) is 9.03. The third-order valence-electron chi connectivity index (χ3n) is 4.74. The van der Waals surface area contributed by atoms with Crippen LogP contribution in [-0.4, -0.2) is 61.0 Å². The van der Waals surface area contributed by atoms with Crippen LogP contribution in [0.1, 0.15) is 41.3 Å². The molecule has 1 aliphatic heterocycles. The lowest BCUT2D eigenvalue weighted by Gasteiger charge is -2.22. The Morgan fingerprint density at radius 3 is 2.63 bits per heavy atom. The van der Waals surface area contributed by atoms with Gasteiger partial charge in [0, 0.05) is 19.3 Å². The van der Waals surface area contributed by atoms with Crippen molar-refractivity contribution in [3.8, 4) is 5.75 Å². The summed E-state index contributed by atoms with van der Waals surface area (Å²) in [6.07, 6.45) is -5.36. The zero-order valence-corrected chi connectivity index (χ0v) is 17.2. The van der Waals surface area contributed by atoms with E-state index in [0.29, 0.717) is 24.7 Å². The minimum absolute atomic E-state index is 0.193. The molecule has 2 atom stereocenters. The van der Waals surface area contributed by atoms with Gasteiger partial charge in [0.05, 0.1) is 16.4 Å². The highest BCUT2D eigenvalue weighted by molar-refractivity contribution is 7.90. The lowest BCUT2D eigenvalue weighted by Crippen LogP contribution is -2.33. The van der Waals surface area contributed by atoms with Gasteiger partial charge in [0.1, 0.15) is 5.75 Å². The Bertz CT molecular complexity index is 1050. The second-order valence-electron chi connectivity index (χ2n) is 7.15. The van der Waals surface area contributed by atoms with Crippen molar-refractivity contribution in [1.29, 1.82) is 0 Å². The first kappa shape index (κ1) is 22.1. The van der Waals surface area contributed by atoms with Crippen molar-refractivity contribution in [3.63, 3.8) is 0 Å². The third-order valence-corrected chi connectivity index (χ3v) is 5.85. The molecule has 1 fully saturated rings. The molecule has 3 rings (SSSR count). The fourth-order valence-electron chi connectivity index (χ4n) is 3.06. The third kappa shape index (κ3) is 4.74. The second kappa shape index (κ2) is 7.89. The number of sulfone groups is 1. The fraction of sp³-hybridized carbons (Fsp3) is 0.500. The Kier molecular flexibility index (Phi) is 5.81. The number of ether oxygens (including phenoxy) is 1. The molecule has 0 spiro atoms. The number of carbonyl (C=O) groups is 1. The van der Waals surface area contributed by atoms with Crippen LogP contribution >= 0.6 is 0 Å². The zero-order valence-electron chi connectivity index (χ0n) is 16.4. The number of rotatable bonds is 5. The minimum Gasteiger partial charge on any atom is -0.480 e. The smallest absolute Gasteiger partial charge is 0.425 e. The normalized spacial score (nSPS) is 18.5. The summed E-state index contributed by atoms with van der Waals surface area (Å²) in [7, 11) is -3.69. The van der Waals surface area contributed by atoms with Gasteiger partial charge in [-0.05, 0) is 38.5 Å². The molecule has 0 aliphatic carbocycles. The molecular formula is C18H20F3N3O5S. The summed E-state index contributed by atoms with van der Waals surface area (Å²) in [5, 5.41) is 3.71. The number of hydrogen-bond donors (Lipinski definition) is 0. The number of halogens is 3. The predicted octanol–water partition coefficient (Wildman–Crippen LogP) is 2.74. The molecule has 0 bridgehead atoms. The number of aromatic nitrogens is 2. The maximum Gasteiger partial charge on any atom is 0.425 e. The number of carbonyl (C=O) groups excluding carboxylic acids is 1. The van der Waals surface area contributed by atoms with Crippen LogP contribution in [0.3, 0.4) is 0 Å². The molecule has 0 radical (unpaired) electrons. The van der Waals surface area contributed by atoms with Crippen LogP contribution in [0.4, 0.5) is 13.2 Å².